The van der Waals surface area contributed by atoms with E-state index in [1.165, 1.54) is 25.7 Å². The monoisotopic (exact) mass is 244 g/mol. The highest BCUT2D eigenvalue weighted by molar-refractivity contribution is 5.75. The molecule has 96 valence electrons. The summed E-state index contributed by atoms with van der Waals surface area (Å²) in [4.78, 5) is 4.54. The Morgan fingerprint density at radius 3 is 2.83 bits per heavy atom. The van der Waals surface area contributed by atoms with Crippen LogP contribution in [0.5, 0.6) is 0 Å². The van der Waals surface area contributed by atoms with Crippen LogP contribution in [0, 0.1) is 12.8 Å². The molecule has 1 aromatic carbocycles. The molecule has 2 aromatic rings. The zero-order valence-electron chi connectivity index (χ0n) is 10.8. The Kier molecular flexibility index (Phi) is 3.08. The summed E-state index contributed by atoms with van der Waals surface area (Å²) >= 11 is 0. The maximum absolute atomic E-state index is 10.4. The summed E-state index contributed by atoms with van der Waals surface area (Å²) < 4.78 is 2.15. The SMILES string of the molecule is Cc1nc2ccccc2n1CC(O)C1CCCC1. The van der Waals surface area contributed by atoms with Gasteiger partial charge in [-0.2, -0.15) is 0 Å². The molecule has 1 unspecified atom stereocenters. The van der Waals surface area contributed by atoms with E-state index in [1.807, 2.05) is 25.1 Å². The molecule has 0 saturated heterocycles. The van der Waals surface area contributed by atoms with Crippen molar-refractivity contribution in [2.24, 2.45) is 5.92 Å². The van der Waals surface area contributed by atoms with Crippen LogP contribution in [0.15, 0.2) is 24.3 Å². The number of aromatic nitrogens is 2. The topological polar surface area (TPSA) is 38.0 Å². The summed E-state index contributed by atoms with van der Waals surface area (Å²) in [6.45, 7) is 2.69. The second kappa shape index (κ2) is 4.73. The average Bonchev–Trinajstić information content (AvgIpc) is 2.98. The molecule has 1 N–H and O–H groups in total. The smallest absolute Gasteiger partial charge is 0.106 e. The van der Waals surface area contributed by atoms with E-state index in [-0.39, 0.29) is 6.10 Å². The Morgan fingerprint density at radius 1 is 1.33 bits per heavy atom. The minimum atomic E-state index is -0.233. The number of aliphatic hydroxyl groups excluding tert-OH is 1. The van der Waals surface area contributed by atoms with Crippen molar-refractivity contribution in [2.45, 2.75) is 45.3 Å². The Hall–Kier alpha value is -1.35. The van der Waals surface area contributed by atoms with Crippen LogP contribution in [0.4, 0.5) is 0 Å². The standard InChI is InChI=1S/C15H20N2O/c1-11-16-13-8-4-5-9-14(13)17(11)10-15(18)12-6-2-3-7-12/h4-5,8-9,12,15,18H,2-3,6-7,10H2,1H3. The molecule has 1 aliphatic rings. The van der Waals surface area contributed by atoms with E-state index >= 15 is 0 Å². The molecule has 3 rings (SSSR count). The van der Waals surface area contributed by atoms with Crippen molar-refractivity contribution in [1.82, 2.24) is 9.55 Å². The van der Waals surface area contributed by atoms with Gasteiger partial charge in [0, 0.05) is 0 Å². The van der Waals surface area contributed by atoms with Crippen LogP contribution in [0.2, 0.25) is 0 Å². The molecule has 0 amide bonds. The normalized spacial score (nSPS) is 18.6. The predicted octanol–water partition coefficient (Wildman–Crippen LogP) is 2.90. The van der Waals surface area contributed by atoms with Crippen LogP contribution in [-0.2, 0) is 6.54 Å². The lowest BCUT2D eigenvalue weighted by molar-refractivity contribution is 0.0936. The Labute approximate surface area is 107 Å². The lowest BCUT2D eigenvalue weighted by Crippen LogP contribution is -2.24. The van der Waals surface area contributed by atoms with E-state index in [4.69, 9.17) is 0 Å². The Balaban J connectivity index is 1.87. The van der Waals surface area contributed by atoms with Crippen LogP contribution >= 0.6 is 0 Å². The van der Waals surface area contributed by atoms with E-state index in [0.29, 0.717) is 12.5 Å². The lowest BCUT2D eigenvalue weighted by atomic mass is 10.0. The van der Waals surface area contributed by atoms with Crippen molar-refractivity contribution < 1.29 is 5.11 Å². The van der Waals surface area contributed by atoms with E-state index in [0.717, 1.165) is 16.9 Å². The molecular formula is C15H20N2O. The number of hydrogen-bond acceptors (Lipinski definition) is 2. The fourth-order valence-corrected chi connectivity index (χ4v) is 3.10. The first-order chi connectivity index (χ1) is 8.75. The molecule has 1 atom stereocenters. The van der Waals surface area contributed by atoms with Gasteiger partial charge in [-0.1, -0.05) is 25.0 Å². The van der Waals surface area contributed by atoms with E-state index in [9.17, 15) is 5.11 Å². The minimum Gasteiger partial charge on any atom is -0.391 e. The van der Waals surface area contributed by atoms with Crippen LogP contribution in [0.3, 0.4) is 0 Å². The van der Waals surface area contributed by atoms with Gasteiger partial charge in [-0.25, -0.2) is 4.98 Å². The maximum atomic E-state index is 10.4. The third-order valence-corrected chi connectivity index (χ3v) is 4.16. The molecule has 1 aliphatic carbocycles. The molecule has 0 aliphatic heterocycles. The fourth-order valence-electron chi connectivity index (χ4n) is 3.10. The largest absolute Gasteiger partial charge is 0.391 e. The molecule has 1 heterocycles. The summed E-state index contributed by atoms with van der Waals surface area (Å²) in [6.07, 6.45) is 4.65. The summed E-state index contributed by atoms with van der Waals surface area (Å²) in [6, 6.07) is 8.14. The molecule has 18 heavy (non-hydrogen) atoms. The number of para-hydroxylation sites is 2. The number of nitrogens with zero attached hydrogens (tertiary/aromatic N) is 2. The second-order valence-electron chi connectivity index (χ2n) is 5.37. The predicted molar refractivity (Wildman–Crippen MR) is 72.4 cm³/mol. The highest BCUT2D eigenvalue weighted by Crippen LogP contribution is 2.29. The number of fused-ring (bicyclic) bond motifs is 1. The zero-order valence-corrected chi connectivity index (χ0v) is 10.8. The van der Waals surface area contributed by atoms with E-state index in [2.05, 4.69) is 15.6 Å². The van der Waals surface area contributed by atoms with Gasteiger partial charge in [0.15, 0.2) is 0 Å². The fraction of sp³-hybridized carbons (Fsp3) is 0.533. The first kappa shape index (κ1) is 11.7. The van der Waals surface area contributed by atoms with Crippen LogP contribution in [0.1, 0.15) is 31.5 Å². The third-order valence-electron chi connectivity index (χ3n) is 4.16. The van der Waals surface area contributed by atoms with Gasteiger partial charge in [0.05, 0.1) is 23.7 Å². The molecule has 1 fully saturated rings. The van der Waals surface area contributed by atoms with Gasteiger partial charge in [0.25, 0.3) is 0 Å². The summed E-state index contributed by atoms with van der Waals surface area (Å²) in [5, 5.41) is 10.4. The average molecular weight is 244 g/mol. The number of hydrogen-bond donors (Lipinski definition) is 1. The molecule has 0 spiro atoms. The summed E-state index contributed by atoms with van der Waals surface area (Å²) in [5.41, 5.74) is 2.15. The number of aliphatic hydroxyl groups is 1. The molecule has 1 aromatic heterocycles. The van der Waals surface area contributed by atoms with Crippen molar-refractivity contribution in [3.8, 4) is 0 Å². The number of imidazole rings is 1. The summed E-state index contributed by atoms with van der Waals surface area (Å²) in [5.74, 6) is 1.47. The van der Waals surface area contributed by atoms with Gasteiger partial charge in [0.1, 0.15) is 5.82 Å². The Morgan fingerprint density at radius 2 is 2.06 bits per heavy atom. The van der Waals surface area contributed by atoms with Crippen LogP contribution in [-0.4, -0.2) is 20.8 Å². The van der Waals surface area contributed by atoms with Crippen molar-refractivity contribution in [2.75, 3.05) is 0 Å². The molecule has 3 heteroatoms. The van der Waals surface area contributed by atoms with Crippen molar-refractivity contribution in [3.05, 3.63) is 30.1 Å². The quantitative estimate of drug-likeness (QED) is 0.901. The van der Waals surface area contributed by atoms with Crippen molar-refractivity contribution in [1.29, 1.82) is 0 Å². The van der Waals surface area contributed by atoms with Gasteiger partial charge in [0.2, 0.25) is 0 Å². The van der Waals surface area contributed by atoms with E-state index < -0.39 is 0 Å². The van der Waals surface area contributed by atoms with Crippen LogP contribution < -0.4 is 0 Å². The van der Waals surface area contributed by atoms with E-state index in [1.54, 1.807) is 0 Å². The van der Waals surface area contributed by atoms with Gasteiger partial charge in [-0.15, -0.1) is 0 Å². The highest BCUT2D eigenvalue weighted by atomic mass is 16.3. The number of rotatable bonds is 3. The molecule has 0 radical (unpaired) electrons. The van der Waals surface area contributed by atoms with Gasteiger partial charge < -0.3 is 9.67 Å². The lowest BCUT2D eigenvalue weighted by Gasteiger charge is -2.19. The van der Waals surface area contributed by atoms with Crippen molar-refractivity contribution in [3.63, 3.8) is 0 Å². The van der Waals surface area contributed by atoms with Gasteiger partial charge >= 0.3 is 0 Å². The zero-order chi connectivity index (χ0) is 12.5. The van der Waals surface area contributed by atoms with Gasteiger partial charge in [-0.3, -0.25) is 0 Å². The number of benzene rings is 1. The third kappa shape index (κ3) is 2.03. The van der Waals surface area contributed by atoms with Gasteiger partial charge in [-0.05, 0) is 37.8 Å². The number of aryl methyl sites for hydroxylation is 1. The second-order valence-corrected chi connectivity index (χ2v) is 5.37. The Bertz CT molecular complexity index is 540. The highest BCUT2D eigenvalue weighted by Gasteiger charge is 2.24. The minimum absolute atomic E-state index is 0.233. The molecule has 1 saturated carbocycles. The first-order valence-electron chi connectivity index (χ1n) is 6.85. The summed E-state index contributed by atoms with van der Waals surface area (Å²) in [7, 11) is 0. The molecule has 0 bridgehead atoms. The van der Waals surface area contributed by atoms with Crippen molar-refractivity contribution >= 4 is 11.0 Å². The first-order valence-corrected chi connectivity index (χ1v) is 6.85. The maximum Gasteiger partial charge on any atom is 0.106 e. The van der Waals surface area contributed by atoms with Crippen LogP contribution in [0.25, 0.3) is 11.0 Å². The molecule has 3 nitrogen and oxygen atoms in total. The molecular weight excluding hydrogens is 224 g/mol.